The number of aromatic nitrogens is 4. The van der Waals surface area contributed by atoms with Crippen molar-refractivity contribution >= 4 is 35.1 Å². The summed E-state index contributed by atoms with van der Waals surface area (Å²) in [5.41, 5.74) is 1.04. The topological polar surface area (TPSA) is 81.9 Å². The number of hydrogen-bond donors (Lipinski definition) is 1. The van der Waals surface area contributed by atoms with Crippen LogP contribution >= 0.6 is 23.4 Å². The van der Waals surface area contributed by atoms with Crippen LogP contribution in [0.25, 0.3) is 0 Å². The minimum absolute atomic E-state index is 0.159. The molecule has 0 saturated heterocycles. The number of thioether (sulfide) groups is 1. The second-order valence-electron chi connectivity index (χ2n) is 6.46. The van der Waals surface area contributed by atoms with Gasteiger partial charge in [0, 0.05) is 12.7 Å². The van der Waals surface area contributed by atoms with Crippen LogP contribution in [0.2, 0.25) is 5.02 Å². The van der Waals surface area contributed by atoms with Crippen molar-refractivity contribution in [1.29, 1.82) is 0 Å². The monoisotopic (exact) mass is 443 g/mol. The Bertz CT molecular complexity index is 1020. The van der Waals surface area contributed by atoms with Crippen molar-refractivity contribution in [3.05, 3.63) is 71.7 Å². The summed E-state index contributed by atoms with van der Waals surface area (Å²) in [4.78, 5) is 16.3. The number of para-hydroxylation sites is 1. The Hall–Kier alpha value is -2.84. The highest BCUT2D eigenvalue weighted by atomic mass is 35.5. The Balaban J connectivity index is 1.67. The lowest BCUT2D eigenvalue weighted by atomic mass is 10.2. The van der Waals surface area contributed by atoms with Crippen LogP contribution in [-0.2, 0) is 11.3 Å². The van der Waals surface area contributed by atoms with Gasteiger partial charge >= 0.3 is 0 Å². The fourth-order valence-electron chi connectivity index (χ4n) is 2.70. The molecule has 1 aromatic carbocycles. The molecular formula is C21H22ClN5O2S. The van der Waals surface area contributed by atoms with Gasteiger partial charge < -0.3 is 10.1 Å². The van der Waals surface area contributed by atoms with E-state index in [1.54, 1.807) is 18.2 Å². The van der Waals surface area contributed by atoms with E-state index in [-0.39, 0.29) is 17.8 Å². The molecule has 0 radical (unpaired) electrons. The number of nitrogens with zero attached hydrogens (tertiary/aromatic N) is 4. The molecule has 3 aromatic rings. The number of benzene rings is 1. The number of rotatable bonds is 9. The summed E-state index contributed by atoms with van der Waals surface area (Å²) < 4.78 is 7.98. The second-order valence-corrected chi connectivity index (χ2v) is 7.84. The number of carbonyl (C=O) groups excluding carboxylic acids is 1. The highest BCUT2D eigenvalue weighted by molar-refractivity contribution is 7.99. The Morgan fingerprint density at radius 1 is 1.33 bits per heavy atom. The largest absolute Gasteiger partial charge is 0.482 e. The van der Waals surface area contributed by atoms with Crippen LogP contribution in [0.3, 0.4) is 0 Å². The van der Waals surface area contributed by atoms with E-state index in [0.717, 1.165) is 11.3 Å². The fraction of sp³-hybridized carbons (Fsp3) is 0.238. The van der Waals surface area contributed by atoms with Gasteiger partial charge in [0.1, 0.15) is 11.6 Å². The van der Waals surface area contributed by atoms with Crippen LogP contribution in [0.4, 0.5) is 5.82 Å². The third-order valence-corrected chi connectivity index (χ3v) is 5.34. The molecule has 0 aliphatic carbocycles. The van der Waals surface area contributed by atoms with E-state index in [1.165, 1.54) is 18.0 Å². The third-order valence-electron chi connectivity index (χ3n) is 4.15. The van der Waals surface area contributed by atoms with Crippen molar-refractivity contribution < 1.29 is 9.53 Å². The van der Waals surface area contributed by atoms with E-state index >= 15 is 0 Å². The van der Waals surface area contributed by atoms with Gasteiger partial charge in [-0.05, 0) is 37.6 Å². The van der Waals surface area contributed by atoms with E-state index in [4.69, 9.17) is 16.3 Å². The zero-order valence-corrected chi connectivity index (χ0v) is 18.3. The Kier molecular flexibility index (Phi) is 7.48. The van der Waals surface area contributed by atoms with Gasteiger partial charge in [-0.2, -0.15) is 0 Å². The zero-order chi connectivity index (χ0) is 21.5. The minimum Gasteiger partial charge on any atom is -0.482 e. The van der Waals surface area contributed by atoms with Crippen LogP contribution < -0.4 is 10.1 Å². The first-order valence-electron chi connectivity index (χ1n) is 9.28. The molecule has 0 spiro atoms. The predicted octanol–water partition coefficient (Wildman–Crippen LogP) is 4.69. The standard InChI is InChI=1S/C21H22ClN5O2S/c1-4-11-27-20(15(3)29-17-8-6-5-7-14(17)2)25-26-21(27)30-13-19(28)24-18-10-9-16(22)12-23-18/h4-10,12,15H,1,11,13H2,2-3H3,(H,23,24,28). The molecule has 0 aliphatic rings. The predicted molar refractivity (Wildman–Crippen MR) is 119 cm³/mol. The molecule has 0 bridgehead atoms. The number of hydrogen-bond acceptors (Lipinski definition) is 6. The molecule has 0 aliphatic heterocycles. The number of halogens is 1. The maximum absolute atomic E-state index is 12.3. The number of ether oxygens (including phenoxy) is 1. The maximum atomic E-state index is 12.3. The molecule has 3 rings (SSSR count). The van der Waals surface area contributed by atoms with E-state index in [1.807, 2.05) is 42.7 Å². The zero-order valence-electron chi connectivity index (χ0n) is 16.7. The molecule has 0 fully saturated rings. The van der Waals surface area contributed by atoms with E-state index < -0.39 is 0 Å². The molecule has 2 aromatic heterocycles. The molecule has 2 heterocycles. The van der Waals surface area contributed by atoms with Crippen molar-refractivity contribution in [2.45, 2.75) is 31.7 Å². The number of carbonyl (C=O) groups is 1. The van der Waals surface area contributed by atoms with Gasteiger partial charge in [-0.1, -0.05) is 47.6 Å². The maximum Gasteiger partial charge on any atom is 0.236 e. The molecule has 9 heteroatoms. The lowest BCUT2D eigenvalue weighted by Crippen LogP contribution is -2.16. The van der Waals surface area contributed by atoms with Crippen LogP contribution in [0.15, 0.2) is 60.4 Å². The number of amides is 1. The first kappa shape index (κ1) is 21.9. The summed E-state index contributed by atoms with van der Waals surface area (Å²) in [5, 5.41) is 12.4. The van der Waals surface area contributed by atoms with Crippen molar-refractivity contribution in [2.75, 3.05) is 11.1 Å². The molecule has 1 N–H and O–H groups in total. The number of nitrogens with one attached hydrogen (secondary N) is 1. The molecule has 1 atom stereocenters. The fourth-order valence-corrected chi connectivity index (χ4v) is 3.57. The van der Waals surface area contributed by atoms with Crippen LogP contribution in [0.5, 0.6) is 5.75 Å². The molecule has 1 amide bonds. The third kappa shape index (κ3) is 5.61. The summed E-state index contributed by atoms with van der Waals surface area (Å²) in [5.74, 6) is 1.86. The quantitative estimate of drug-likeness (QED) is 0.381. The highest BCUT2D eigenvalue weighted by Gasteiger charge is 2.20. The summed E-state index contributed by atoms with van der Waals surface area (Å²) >= 11 is 7.09. The van der Waals surface area contributed by atoms with Gasteiger partial charge in [0.25, 0.3) is 0 Å². The summed E-state index contributed by atoms with van der Waals surface area (Å²) in [6, 6.07) is 11.1. The first-order valence-corrected chi connectivity index (χ1v) is 10.6. The van der Waals surface area contributed by atoms with Crippen molar-refractivity contribution in [3.8, 4) is 5.75 Å². The van der Waals surface area contributed by atoms with E-state index in [2.05, 4.69) is 27.1 Å². The molecule has 7 nitrogen and oxygen atoms in total. The van der Waals surface area contributed by atoms with Gasteiger partial charge in [-0.3, -0.25) is 9.36 Å². The molecule has 30 heavy (non-hydrogen) atoms. The number of anilines is 1. The molecule has 0 saturated carbocycles. The summed E-state index contributed by atoms with van der Waals surface area (Å²) in [7, 11) is 0. The van der Waals surface area contributed by atoms with Crippen molar-refractivity contribution in [1.82, 2.24) is 19.7 Å². The summed E-state index contributed by atoms with van der Waals surface area (Å²) in [6.07, 6.45) is 2.92. The van der Waals surface area contributed by atoms with E-state index in [9.17, 15) is 4.79 Å². The average molecular weight is 444 g/mol. The van der Waals surface area contributed by atoms with Gasteiger partial charge in [0.05, 0.1) is 10.8 Å². The van der Waals surface area contributed by atoms with Crippen LogP contribution in [0.1, 0.15) is 24.4 Å². The lowest BCUT2D eigenvalue weighted by molar-refractivity contribution is -0.113. The molecule has 1 unspecified atom stereocenters. The highest BCUT2D eigenvalue weighted by Crippen LogP contribution is 2.26. The van der Waals surface area contributed by atoms with Crippen LogP contribution in [-0.4, -0.2) is 31.4 Å². The number of allylic oxidation sites excluding steroid dienone is 1. The number of pyridine rings is 1. The second kappa shape index (κ2) is 10.3. The number of aryl methyl sites for hydroxylation is 1. The van der Waals surface area contributed by atoms with Gasteiger partial charge in [-0.15, -0.1) is 16.8 Å². The lowest BCUT2D eigenvalue weighted by Gasteiger charge is -2.17. The normalized spacial score (nSPS) is 11.7. The van der Waals surface area contributed by atoms with Gasteiger partial charge in [0.2, 0.25) is 5.91 Å². The van der Waals surface area contributed by atoms with Crippen molar-refractivity contribution in [3.63, 3.8) is 0 Å². The van der Waals surface area contributed by atoms with Gasteiger partial charge in [-0.25, -0.2) is 4.98 Å². The molecule has 156 valence electrons. The Morgan fingerprint density at radius 2 is 2.13 bits per heavy atom. The summed E-state index contributed by atoms with van der Waals surface area (Å²) in [6.45, 7) is 8.23. The van der Waals surface area contributed by atoms with E-state index in [0.29, 0.717) is 28.4 Å². The SMILES string of the molecule is C=CCn1c(SCC(=O)Nc2ccc(Cl)cn2)nnc1C(C)Oc1ccccc1C. The first-order chi connectivity index (χ1) is 14.5. The van der Waals surface area contributed by atoms with Crippen molar-refractivity contribution in [2.24, 2.45) is 0 Å². The smallest absolute Gasteiger partial charge is 0.236 e. The molecular weight excluding hydrogens is 422 g/mol. The van der Waals surface area contributed by atoms with Crippen LogP contribution in [0, 0.1) is 6.92 Å². The Morgan fingerprint density at radius 3 is 2.83 bits per heavy atom. The minimum atomic E-state index is -0.319. The average Bonchev–Trinajstić information content (AvgIpc) is 3.13. The van der Waals surface area contributed by atoms with Gasteiger partial charge in [0.15, 0.2) is 17.1 Å². The Labute approximate surface area is 184 Å².